The Bertz CT molecular complexity index is 1400. The predicted octanol–water partition coefficient (Wildman–Crippen LogP) is 5.22. The van der Waals surface area contributed by atoms with E-state index in [0.717, 1.165) is 31.2 Å². The van der Waals surface area contributed by atoms with E-state index >= 15 is 8.78 Å². The van der Waals surface area contributed by atoms with E-state index in [2.05, 4.69) is 10.1 Å². The quantitative estimate of drug-likeness (QED) is 0.337. The van der Waals surface area contributed by atoms with E-state index in [0.29, 0.717) is 17.9 Å². The minimum atomic E-state index is -3.85. The molecule has 5 rings (SSSR count). The second-order valence-electron chi connectivity index (χ2n) is 10.8. The largest absolute Gasteiger partial charge is 0.481 e. The lowest BCUT2D eigenvalue weighted by molar-refractivity contribution is -0.172. The summed E-state index contributed by atoms with van der Waals surface area (Å²) in [7, 11) is 1.70. The molecule has 7 nitrogen and oxygen atoms in total. The summed E-state index contributed by atoms with van der Waals surface area (Å²) in [6.07, 6.45) is 3.92. The van der Waals surface area contributed by atoms with Gasteiger partial charge in [-0.05, 0) is 42.9 Å². The number of primary amides is 1. The molecule has 1 unspecified atom stereocenters. The van der Waals surface area contributed by atoms with Gasteiger partial charge >= 0.3 is 6.61 Å². The highest BCUT2D eigenvalue weighted by molar-refractivity contribution is 6.32. The first-order valence-electron chi connectivity index (χ1n) is 13.6. The number of hydrogen-bond acceptors (Lipinski definition) is 6. The summed E-state index contributed by atoms with van der Waals surface area (Å²) in [5, 5.41) is 13.2. The molecule has 2 aromatic rings. The Hall–Kier alpha value is -3.12. The number of benzene rings is 2. The third-order valence-electron chi connectivity index (χ3n) is 8.32. The number of carbonyl (C=O) groups excluding carboxylic acids is 1. The fourth-order valence-corrected chi connectivity index (χ4v) is 6.52. The Labute approximate surface area is 245 Å². The summed E-state index contributed by atoms with van der Waals surface area (Å²) in [4.78, 5) is 12.4. The van der Waals surface area contributed by atoms with E-state index in [1.165, 1.54) is 12.1 Å². The number of nitrogens with two attached hydrogens (primary N) is 1. The van der Waals surface area contributed by atoms with Crippen LogP contribution in [0, 0.1) is 0 Å². The first-order chi connectivity index (χ1) is 20.0. The summed E-state index contributed by atoms with van der Waals surface area (Å²) in [6.45, 7) is -3.30. The molecule has 0 aromatic heterocycles. The van der Waals surface area contributed by atoms with Gasteiger partial charge in [0.1, 0.15) is 10.8 Å². The van der Waals surface area contributed by atoms with E-state index in [-0.39, 0.29) is 24.1 Å². The summed E-state index contributed by atoms with van der Waals surface area (Å²) < 4.78 is 74.1. The number of ether oxygens (including phenoxy) is 3. The highest BCUT2D eigenvalue weighted by Gasteiger charge is 2.56. The summed E-state index contributed by atoms with van der Waals surface area (Å²) in [5.74, 6) is -10.3. The van der Waals surface area contributed by atoms with E-state index in [9.17, 15) is 18.7 Å². The Kier molecular flexibility index (Phi) is 8.58. The number of nitrogens with one attached hydrogen (secondary N) is 1. The average Bonchev–Trinajstić information content (AvgIpc) is 3.37. The number of aliphatic hydroxyl groups is 1. The Morgan fingerprint density at radius 3 is 2.48 bits per heavy atom. The number of carbonyl (C=O) groups is 1. The number of hydrogen-bond donors (Lipinski definition) is 3. The van der Waals surface area contributed by atoms with Gasteiger partial charge in [-0.1, -0.05) is 54.1 Å². The molecule has 3 aliphatic rings. The molecule has 0 spiro atoms. The minimum Gasteiger partial charge on any atom is -0.481 e. The number of methoxy groups -OCH3 is 1. The average molecular weight is 611 g/mol. The smallest absolute Gasteiger partial charge is 0.387 e. The van der Waals surface area contributed by atoms with Gasteiger partial charge in [-0.25, -0.2) is 8.78 Å². The van der Waals surface area contributed by atoms with Crippen molar-refractivity contribution >= 4 is 17.5 Å². The summed E-state index contributed by atoms with van der Waals surface area (Å²) in [5.41, 5.74) is 4.46. The predicted molar refractivity (Wildman–Crippen MR) is 146 cm³/mol. The van der Waals surface area contributed by atoms with Gasteiger partial charge in [0, 0.05) is 31.7 Å². The van der Waals surface area contributed by atoms with Gasteiger partial charge in [0.25, 0.3) is 5.85 Å². The highest BCUT2D eigenvalue weighted by atomic mass is 35.5. The molecule has 2 aliphatic carbocycles. The molecule has 1 heterocycles. The van der Waals surface area contributed by atoms with E-state index in [1.54, 1.807) is 13.2 Å². The van der Waals surface area contributed by atoms with Gasteiger partial charge in [-0.3, -0.25) is 4.79 Å². The monoisotopic (exact) mass is 610 g/mol. The lowest BCUT2D eigenvalue weighted by atomic mass is 9.76. The first-order valence-corrected chi connectivity index (χ1v) is 13.9. The molecule has 0 radical (unpaired) electrons. The molecule has 12 heteroatoms. The molecule has 1 aliphatic heterocycles. The second-order valence-corrected chi connectivity index (χ2v) is 11.2. The van der Waals surface area contributed by atoms with Crippen LogP contribution in [0.15, 0.2) is 70.7 Å². The van der Waals surface area contributed by atoms with Gasteiger partial charge in [0.15, 0.2) is 17.2 Å². The first kappa shape index (κ1) is 30.3. The lowest BCUT2D eigenvalue weighted by Crippen LogP contribution is -2.47. The molecule has 0 saturated heterocycles. The van der Waals surface area contributed by atoms with Gasteiger partial charge in [0.2, 0.25) is 5.91 Å². The number of rotatable bonds is 9. The maximum atomic E-state index is 16.2. The molecular formula is C30H31ClF4N2O5. The Morgan fingerprint density at radius 2 is 1.86 bits per heavy atom. The molecular weight excluding hydrogens is 580 g/mol. The van der Waals surface area contributed by atoms with Gasteiger partial charge < -0.3 is 30.4 Å². The topological polar surface area (TPSA) is 103 Å². The van der Waals surface area contributed by atoms with Crippen molar-refractivity contribution in [3.63, 3.8) is 0 Å². The molecule has 226 valence electrons. The van der Waals surface area contributed by atoms with Gasteiger partial charge in [-0.15, -0.1) is 0 Å². The van der Waals surface area contributed by atoms with Crippen molar-refractivity contribution in [1.29, 1.82) is 0 Å². The number of halogens is 5. The summed E-state index contributed by atoms with van der Waals surface area (Å²) in [6, 6.07) is 13.9. The molecule has 42 heavy (non-hydrogen) atoms. The van der Waals surface area contributed by atoms with Crippen molar-refractivity contribution in [2.45, 2.75) is 68.2 Å². The van der Waals surface area contributed by atoms with Crippen molar-refractivity contribution in [1.82, 2.24) is 5.32 Å². The van der Waals surface area contributed by atoms with Crippen LogP contribution in [0.2, 0.25) is 0 Å². The van der Waals surface area contributed by atoms with Crippen LogP contribution in [0.1, 0.15) is 48.3 Å². The van der Waals surface area contributed by atoms with E-state index < -0.39 is 52.1 Å². The molecule has 3 atom stereocenters. The Balaban J connectivity index is 1.55. The normalized spacial score (nSPS) is 29.5. The van der Waals surface area contributed by atoms with Gasteiger partial charge in [-0.2, -0.15) is 8.78 Å². The number of fused-ring (bicyclic) bond motifs is 1. The maximum absolute atomic E-state index is 16.2. The van der Waals surface area contributed by atoms with Crippen LogP contribution in [0.3, 0.4) is 0 Å². The maximum Gasteiger partial charge on any atom is 0.387 e. The highest BCUT2D eigenvalue weighted by Crippen LogP contribution is 2.54. The van der Waals surface area contributed by atoms with Crippen LogP contribution >= 0.6 is 11.6 Å². The molecule has 4 N–H and O–H groups in total. The van der Waals surface area contributed by atoms with Crippen molar-refractivity contribution in [2.75, 3.05) is 13.7 Å². The van der Waals surface area contributed by atoms with Crippen LogP contribution in [-0.2, 0) is 26.3 Å². The SMILES string of the molecule is COC1CCC(NCC2(c3ccccc3)Cc3c(cccc3[C@H]3C(C(N)=O)=C(F)C(Cl)=C(OC(F)F)[C@@]3(O)F)O2)CC1. The molecule has 0 bridgehead atoms. The molecule has 1 fully saturated rings. The van der Waals surface area contributed by atoms with Crippen molar-refractivity contribution in [2.24, 2.45) is 5.73 Å². The van der Waals surface area contributed by atoms with Crippen molar-refractivity contribution in [3.8, 4) is 5.75 Å². The number of allylic oxidation sites excluding steroid dienone is 2. The fourth-order valence-electron chi connectivity index (χ4n) is 6.24. The minimum absolute atomic E-state index is 0.0839. The van der Waals surface area contributed by atoms with Crippen molar-refractivity contribution in [3.05, 3.63) is 87.4 Å². The molecule has 1 amide bonds. The van der Waals surface area contributed by atoms with Crippen LogP contribution in [0.5, 0.6) is 5.75 Å². The van der Waals surface area contributed by atoms with Crippen LogP contribution in [0.25, 0.3) is 0 Å². The van der Waals surface area contributed by atoms with E-state index in [4.69, 9.17) is 26.8 Å². The van der Waals surface area contributed by atoms with Crippen molar-refractivity contribution < 1.29 is 41.7 Å². The lowest BCUT2D eigenvalue weighted by Gasteiger charge is -2.36. The second kappa shape index (κ2) is 11.9. The Morgan fingerprint density at radius 1 is 1.17 bits per heavy atom. The third-order valence-corrected chi connectivity index (χ3v) is 8.66. The number of amides is 1. The third kappa shape index (κ3) is 5.50. The number of alkyl halides is 3. The van der Waals surface area contributed by atoms with Crippen LogP contribution in [0.4, 0.5) is 17.6 Å². The molecule has 2 aromatic carbocycles. The zero-order valence-electron chi connectivity index (χ0n) is 22.7. The zero-order chi connectivity index (χ0) is 30.2. The summed E-state index contributed by atoms with van der Waals surface area (Å²) >= 11 is 5.77. The van der Waals surface area contributed by atoms with Gasteiger partial charge in [0.05, 0.1) is 17.6 Å². The molecule has 1 saturated carbocycles. The standard InChI is InChI=1S/C30H31ClF4N2O5/c1-40-18-12-10-17(11-13-18)37-15-29(16-6-3-2-4-7-16)14-20-19(8-5-9-21(20)42-29)23-22(27(36)38)25(32)24(31)26(30(23,35)39)41-28(33)34/h2-9,17-18,23,28,37,39H,10-15H2,1H3,(H2,36,38)/t17?,18?,23-,29?,30+/m0/s1. The zero-order valence-corrected chi connectivity index (χ0v) is 23.5. The van der Waals surface area contributed by atoms with Crippen LogP contribution < -0.4 is 15.8 Å². The van der Waals surface area contributed by atoms with E-state index in [1.807, 2.05) is 30.3 Å². The van der Waals surface area contributed by atoms with Crippen LogP contribution in [-0.4, -0.2) is 49.3 Å². The fraction of sp³-hybridized carbons (Fsp3) is 0.433.